The minimum atomic E-state index is -3.97. The van der Waals surface area contributed by atoms with Gasteiger partial charge < -0.3 is 0 Å². The van der Waals surface area contributed by atoms with Gasteiger partial charge in [-0.05, 0) is 42.8 Å². The van der Waals surface area contributed by atoms with E-state index in [0.29, 0.717) is 15.9 Å². The molecule has 0 aliphatic carbocycles. The lowest BCUT2D eigenvalue weighted by Gasteiger charge is -2.35. The molecule has 3 rings (SSSR count). The van der Waals surface area contributed by atoms with E-state index in [9.17, 15) is 23.5 Å². The first-order chi connectivity index (χ1) is 23.1. The van der Waals surface area contributed by atoms with E-state index in [1.54, 1.807) is 158 Å². The first kappa shape index (κ1) is 41.7. The van der Waals surface area contributed by atoms with Gasteiger partial charge in [0.1, 0.15) is 0 Å². The van der Waals surface area contributed by atoms with Crippen LogP contribution in [0.3, 0.4) is 0 Å². The van der Waals surface area contributed by atoms with E-state index in [-0.39, 0.29) is 32.6 Å². The van der Waals surface area contributed by atoms with Gasteiger partial charge in [-0.15, -0.1) is 0 Å². The third-order valence-electron chi connectivity index (χ3n) is 8.15. The van der Waals surface area contributed by atoms with Crippen LogP contribution in [0.15, 0.2) is 91.0 Å². The fourth-order valence-corrected chi connectivity index (χ4v) is 13.7. The smallest absolute Gasteiger partial charge is 0.242 e. The van der Waals surface area contributed by atoms with Gasteiger partial charge in [-0.3, -0.25) is 38.3 Å². The van der Waals surface area contributed by atoms with Crippen molar-refractivity contribution in [1.29, 1.82) is 0 Å². The normalized spacial score (nSPS) is 16.2. The lowest BCUT2D eigenvalue weighted by Crippen LogP contribution is -2.41. The van der Waals surface area contributed by atoms with E-state index < -0.39 is 54.7 Å². The summed E-state index contributed by atoms with van der Waals surface area (Å²) in [7, 11) is -11.5. The third kappa shape index (κ3) is 9.56. The van der Waals surface area contributed by atoms with Crippen molar-refractivity contribution < 1.29 is 28.1 Å². The molecule has 3 atom stereocenters. The Kier molecular flexibility index (Phi) is 13.6. The van der Waals surface area contributed by atoms with Gasteiger partial charge in [-0.25, -0.2) is 4.67 Å². The Balaban J connectivity index is 2.01. The minimum Gasteiger partial charge on any atom is -0.293 e. The summed E-state index contributed by atoms with van der Waals surface area (Å²) in [6, 6.07) is 25.7. The molecule has 0 aliphatic heterocycles. The minimum absolute atomic E-state index is 0.0132. The number of carbonyl (C=O) groups is 3. The van der Waals surface area contributed by atoms with Crippen molar-refractivity contribution in [1.82, 2.24) is 14.8 Å². The van der Waals surface area contributed by atoms with Crippen LogP contribution >= 0.6 is 21.9 Å². The predicted molar refractivity (Wildman–Crippen MR) is 207 cm³/mol. The molecular weight excluding hydrogens is 687 g/mol. The van der Waals surface area contributed by atoms with Gasteiger partial charge in [-0.1, -0.05) is 117 Å². The van der Waals surface area contributed by atoms with E-state index in [0.717, 1.165) is 0 Å². The molecule has 0 saturated carbocycles. The zero-order valence-electron chi connectivity index (χ0n) is 30.9. The van der Waals surface area contributed by atoms with Crippen molar-refractivity contribution in [3.63, 3.8) is 0 Å². The van der Waals surface area contributed by atoms with Gasteiger partial charge in [0.05, 0.1) is 0 Å². The highest BCUT2D eigenvalue weighted by molar-refractivity contribution is 7.86. The molecule has 0 amide bonds. The van der Waals surface area contributed by atoms with Gasteiger partial charge in [0.25, 0.3) is 0 Å². The molecule has 9 nitrogen and oxygen atoms in total. The van der Waals surface area contributed by atoms with Crippen LogP contribution in [0, 0.1) is 16.2 Å². The summed E-state index contributed by atoms with van der Waals surface area (Å²) >= 11 is 0. The Morgan fingerprint density at radius 2 is 0.840 bits per heavy atom. The van der Waals surface area contributed by atoms with Crippen LogP contribution in [-0.2, 0) is 28.1 Å². The molecule has 0 aromatic heterocycles. The van der Waals surface area contributed by atoms with Crippen molar-refractivity contribution in [3.8, 4) is 0 Å². The number of hydrogen-bond donors (Lipinski definition) is 2. The summed E-state index contributed by atoms with van der Waals surface area (Å²) in [4.78, 5) is 41.4. The average molecular weight is 742 g/mol. The summed E-state index contributed by atoms with van der Waals surface area (Å²) in [6.07, 6.45) is 0.278. The fourth-order valence-electron chi connectivity index (χ4n) is 5.50. The molecule has 272 valence electrons. The van der Waals surface area contributed by atoms with Gasteiger partial charge in [0.2, 0.25) is 38.5 Å². The molecule has 50 heavy (non-hydrogen) atoms. The number of rotatable bonds is 16. The maximum Gasteiger partial charge on any atom is 0.242 e. The monoisotopic (exact) mass is 741 g/mol. The molecule has 3 unspecified atom stereocenters. The van der Waals surface area contributed by atoms with E-state index in [1.807, 2.05) is 0 Å². The topological polar surface area (TPSA) is 130 Å². The summed E-state index contributed by atoms with van der Waals surface area (Å²) in [6.45, 7) is 15.8. The average Bonchev–Trinajstić information content (AvgIpc) is 3.07. The van der Waals surface area contributed by atoms with Crippen molar-refractivity contribution >= 4 is 54.4 Å². The number of carbonyl (C=O) groups excluding carboxylic acids is 3. The van der Waals surface area contributed by atoms with Crippen molar-refractivity contribution in [2.45, 2.75) is 68.7 Å². The second-order valence-corrected chi connectivity index (χ2v) is 23.1. The quantitative estimate of drug-likeness (QED) is 0.114. The summed E-state index contributed by atoms with van der Waals surface area (Å²) in [5.74, 6) is 0. The highest BCUT2D eigenvalue weighted by atomic mass is 31.2. The molecule has 3 aromatic carbocycles. The molecule has 0 bridgehead atoms. The van der Waals surface area contributed by atoms with Crippen LogP contribution in [0.5, 0.6) is 0 Å². The molecule has 0 spiro atoms. The standard InChI is InChI=1S/C38H54N3O6P3/c1-36(2,3)33(42)48(45,30-20-13-10-14-21-30)39-26-19-28-41(50(47,35(44)38(7,8)9)32-24-17-12-18-25-32)29-27-40-49(46,34(43)37(4,5)6)31-22-15-11-16-23-31/h10-18,20-25H,19,26-29H2,1-9H3,(H,39,45)(H,40,46). The van der Waals surface area contributed by atoms with Crippen LogP contribution in [0.2, 0.25) is 0 Å². The highest BCUT2D eigenvalue weighted by Gasteiger charge is 2.46. The first-order valence-corrected chi connectivity index (χ1v) is 22.0. The van der Waals surface area contributed by atoms with Gasteiger partial charge in [0, 0.05) is 58.3 Å². The largest absolute Gasteiger partial charge is 0.293 e. The Hall–Kier alpha value is -2.76. The molecule has 12 heteroatoms. The third-order valence-corrected chi connectivity index (χ3v) is 17.4. The van der Waals surface area contributed by atoms with E-state index in [2.05, 4.69) is 10.2 Å². The molecule has 0 fully saturated rings. The molecule has 0 aliphatic rings. The van der Waals surface area contributed by atoms with E-state index in [4.69, 9.17) is 0 Å². The summed E-state index contributed by atoms with van der Waals surface area (Å²) < 4.78 is 45.8. The first-order valence-electron chi connectivity index (χ1n) is 17.0. The van der Waals surface area contributed by atoms with Crippen molar-refractivity contribution in [2.24, 2.45) is 16.2 Å². The molecule has 3 aromatic rings. The van der Waals surface area contributed by atoms with Gasteiger partial charge in [-0.2, -0.15) is 0 Å². The maximum absolute atomic E-state index is 15.3. The second-order valence-electron chi connectivity index (χ2n) is 15.6. The fraction of sp³-hybridized carbons (Fsp3) is 0.447. The van der Waals surface area contributed by atoms with Crippen LogP contribution in [0.1, 0.15) is 68.7 Å². The lowest BCUT2D eigenvalue weighted by atomic mass is 9.99. The molecular formula is C38H54N3O6P3. The summed E-state index contributed by atoms with van der Waals surface area (Å²) in [5, 5.41) is 7.24. The summed E-state index contributed by atoms with van der Waals surface area (Å²) in [5.41, 5.74) is -4.06. The van der Waals surface area contributed by atoms with Crippen LogP contribution < -0.4 is 26.1 Å². The molecule has 2 N–H and O–H groups in total. The van der Waals surface area contributed by atoms with E-state index >= 15 is 4.57 Å². The highest BCUT2D eigenvalue weighted by Crippen LogP contribution is 2.54. The Morgan fingerprint density at radius 1 is 0.500 bits per heavy atom. The zero-order chi connectivity index (χ0) is 37.6. The lowest BCUT2D eigenvalue weighted by molar-refractivity contribution is -0.119. The van der Waals surface area contributed by atoms with Gasteiger partial charge in [0.15, 0.2) is 0 Å². The number of benzene rings is 3. The van der Waals surface area contributed by atoms with Crippen molar-refractivity contribution in [2.75, 3.05) is 26.2 Å². The number of nitrogens with one attached hydrogen (secondary N) is 2. The molecule has 0 radical (unpaired) electrons. The number of nitrogens with zero attached hydrogens (tertiary/aromatic N) is 1. The second kappa shape index (κ2) is 16.3. The SMILES string of the molecule is CC(C)(C)C(=O)P(=O)(NCCCN(CCNP(=O)(C(=O)C(C)(C)C)c1ccccc1)P(=O)(C(=O)C(C)(C)C)c1ccccc1)c1ccccc1. The van der Waals surface area contributed by atoms with Crippen molar-refractivity contribution in [3.05, 3.63) is 91.0 Å². The van der Waals surface area contributed by atoms with Crippen LogP contribution in [0.25, 0.3) is 0 Å². The van der Waals surface area contributed by atoms with Crippen LogP contribution in [0.4, 0.5) is 0 Å². The van der Waals surface area contributed by atoms with E-state index in [1.165, 1.54) is 0 Å². The Morgan fingerprint density at radius 3 is 1.20 bits per heavy atom. The van der Waals surface area contributed by atoms with Gasteiger partial charge >= 0.3 is 0 Å². The molecule has 0 saturated heterocycles. The Labute approximate surface area is 298 Å². The van der Waals surface area contributed by atoms with Crippen LogP contribution in [-0.4, -0.2) is 47.4 Å². The number of hydrogen-bond acceptors (Lipinski definition) is 6. The molecule has 0 heterocycles. The maximum atomic E-state index is 15.3. The Bertz CT molecular complexity index is 1780. The predicted octanol–water partition coefficient (Wildman–Crippen LogP) is 7.39. The zero-order valence-corrected chi connectivity index (χ0v) is 33.6.